The number of aromatic amines is 4. The first-order valence-electron chi connectivity index (χ1n) is 8.73. The summed E-state index contributed by atoms with van der Waals surface area (Å²) in [6.45, 7) is 8.61. The summed E-state index contributed by atoms with van der Waals surface area (Å²) < 4.78 is 30.2. The summed E-state index contributed by atoms with van der Waals surface area (Å²) in [5.41, 5.74) is 2.32. The SMILES string of the molecule is C.CC1=NS(=O)ON1.Cc1nc(=S)o[nH]1.Cc1nn[nH]n1.Cc1noc(=O)[nH]1.Cc1nsc(=O)[nH]1. The van der Waals surface area contributed by atoms with Crippen molar-refractivity contribution in [1.29, 1.82) is 0 Å². The molecule has 5 heterocycles. The molecule has 18 nitrogen and oxygen atoms in total. The number of nitrogens with one attached hydrogen (secondary N) is 5. The van der Waals surface area contributed by atoms with Gasteiger partial charge in [-0.25, -0.2) is 19.6 Å². The number of hydrogen-bond acceptors (Lipinski definition) is 15. The Morgan fingerprint density at radius 2 is 1.74 bits per heavy atom. The summed E-state index contributed by atoms with van der Waals surface area (Å²) in [6.07, 6.45) is 0. The molecule has 0 bridgehead atoms. The maximum absolute atomic E-state index is 10.2. The Bertz CT molecular complexity index is 1200. The van der Waals surface area contributed by atoms with Crippen molar-refractivity contribution in [3.8, 4) is 0 Å². The van der Waals surface area contributed by atoms with Gasteiger partial charge in [-0.15, -0.1) is 14.6 Å². The lowest BCUT2D eigenvalue weighted by molar-refractivity contribution is 0.304. The number of aryl methyl sites for hydroxylation is 4. The average molecular weight is 553 g/mol. The zero-order chi connectivity index (χ0) is 25.5. The van der Waals surface area contributed by atoms with E-state index in [-0.39, 0.29) is 17.1 Å². The maximum Gasteiger partial charge on any atom is 0.438 e. The van der Waals surface area contributed by atoms with Gasteiger partial charge in [-0.1, -0.05) is 17.8 Å². The monoisotopic (exact) mass is 552 g/mol. The predicted octanol–water partition coefficient (Wildman–Crippen LogP) is 0.514. The quantitative estimate of drug-likeness (QED) is 0.186. The Balaban J connectivity index is 0.000000410. The fourth-order valence-corrected chi connectivity index (χ4v) is 2.49. The third-order valence-corrected chi connectivity index (χ3v) is 4.02. The number of tetrazole rings is 1. The third-order valence-electron chi connectivity index (χ3n) is 2.57. The first-order valence-corrected chi connectivity index (χ1v) is 10.9. The molecule has 21 heteroatoms. The van der Waals surface area contributed by atoms with Crippen LogP contribution >= 0.6 is 23.8 Å². The smallest absolute Gasteiger partial charge is 0.348 e. The number of H-pyrrole nitrogens is 4. The molecule has 0 saturated heterocycles. The van der Waals surface area contributed by atoms with Crippen LogP contribution in [0.15, 0.2) is 23.0 Å². The van der Waals surface area contributed by atoms with Crippen molar-refractivity contribution in [2.75, 3.05) is 0 Å². The lowest BCUT2D eigenvalue weighted by Gasteiger charge is -1.83. The average Bonchev–Trinajstić information content (AvgIpc) is 3.59. The highest BCUT2D eigenvalue weighted by atomic mass is 32.2. The van der Waals surface area contributed by atoms with Crippen molar-refractivity contribution in [2.24, 2.45) is 4.40 Å². The molecule has 0 fully saturated rings. The van der Waals surface area contributed by atoms with Gasteiger partial charge in [0.05, 0.1) is 0 Å². The van der Waals surface area contributed by atoms with Gasteiger partial charge in [0.1, 0.15) is 23.3 Å². The number of nitrogens with zero attached hydrogens (tertiary/aromatic N) is 7. The molecule has 35 heavy (non-hydrogen) atoms. The number of amidine groups is 1. The highest BCUT2D eigenvalue weighted by Crippen LogP contribution is 1.92. The lowest BCUT2D eigenvalue weighted by Crippen LogP contribution is -2.11. The van der Waals surface area contributed by atoms with Crippen molar-refractivity contribution in [1.82, 2.24) is 55.7 Å². The second-order valence-electron chi connectivity index (χ2n) is 5.57. The number of hydroxylamine groups is 1. The normalized spacial score (nSPS) is 12.9. The van der Waals surface area contributed by atoms with E-state index in [0.29, 0.717) is 29.1 Å². The number of rotatable bonds is 0. The van der Waals surface area contributed by atoms with E-state index < -0.39 is 17.0 Å². The van der Waals surface area contributed by atoms with Gasteiger partial charge in [-0.2, -0.15) is 18.9 Å². The molecule has 5 N–H and O–H groups in total. The Morgan fingerprint density at radius 1 is 1.03 bits per heavy atom. The standard InChI is InChI=1S/C3H4N2O2.2C3H4N2OS.C2H4N4.C2H4N2O2S.CH4/c2*1-2-4-3(6)7-5-2;1-2-4-3(7)6-5-2;1-2-3-5-6-4-2;1-2-3-6-7(5)4-2;/h2*1H3,(H,4,5,6);1H3,(H,4,5,7);1H3,(H,3,4,5,6);1H3,(H,3,4);1H4. The molecule has 1 unspecified atom stereocenters. The largest absolute Gasteiger partial charge is 0.438 e. The van der Waals surface area contributed by atoms with Gasteiger partial charge in [0.15, 0.2) is 5.82 Å². The molecule has 0 aliphatic carbocycles. The van der Waals surface area contributed by atoms with Gasteiger partial charge >= 0.3 is 26.7 Å². The molecule has 1 aliphatic rings. The minimum absolute atomic E-state index is 0. The highest BCUT2D eigenvalue weighted by Gasteiger charge is 2.05. The summed E-state index contributed by atoms with van der Waals surface area (Å²) in [6, 6.07) is 0. The molecule has 0 amide bonds. The van der Waals surface area contributed by atoms with Crippen molar-refractivity contribution in [3.05, 3.63) is 48.4 Å². The van der Waals surface area contributed by atoms with Crippen LogP contribution in [0, 0.1) is 32.5 Å². The molecule has 1 atom stereocenters. The van der Waals surface area contributed by atoms with Crippen LogP contribution < -0.4 is 16.1 Å². The summed E-state index contributed by atoms with van der Waals surface area (Å²) in [5.74, 6) is 2.64. The molecule has 0 spiro atoms. The van der Waals surface area contributed by atoms with Crippen molar-refractivity contribution in [2.45, 2.75) is 42.0 Å². The molecule has 1 aliphatic heterocycles. The minimum Gasteiger partial charge on any atom is -0.348 e. The van der Waals surface area contributed by atoms with Crippen LogP contribution in [0.4, 0.5) is 0 Å². The van der Waals surface area contributed by atoms with Gasteiger partial charge in [-0.05, 0) is 46.8 Å². The van der Waals surface area contributed by atoms with E-state index in [1.807, 2.05) is 0 Å². The molecule has 0 aromatic carbocycles. The van der Waals surface area contributed by atoms with Crippen LogP contribution in [-0.2, 0) is 15.6 Å². The highest BCUT2D eigenvalue weighted by molar-refractivity contribution is 7.79. The minimum atomic E-state index is -1.48. The first kappa shape index (κ1) is 31.3. The van der Waals surface area contributed by atoms with E-state index in [9.17, 15) is 13.8 Å². The predicted molar refractivity (Wildman–Crippen MR) is 127 cm³/mol. The molecule has 4 aromatic rings. The number of hydrogen-bond donors (Lipinski definition) is 5. The van der Waals surface area contributed by atoms with E-state index in [4.69, 9.17) is 0 Å². The molecule has 0 saturated carbocycles. The Labute approximate surface area is 208 Å². The fourth-order valence-electron chi connectivity index (χ4n) is 1.36. The van der Waals surface area contributed by atoms with Gasteiger partial charge in [0, 0.05) is 11.5 Å². The second-order valence-corrected chi connectivity index (χ2v) is 7.43. The van der Waals surface area contributed by atoms with Gasteiger partial charge in [-0.3, -0.25) is 19.3 Å². The van der Waals surface area contributed by atoms with Crippen LogP contribution in [0.1, 0.15) is 37.6 Å². The van der Waals surface area contributed by atoms with Crippen LogP contribution in [0.2, 0.25) is 0 Å². The van der Waals surface area contributed by atoms with Crippen molar-refractivity contribution < 1.29 is 17.5 Å². The van der Waals surface area contributed by atoms with Gasteiger partial charge in [0.25, 0.3) is 0 Å². The molecular weight excluding hydrogens is 528 g/mol. The van der Waals surface area contributed by atoms with Gasteiger partial charge in [0.2, 0.25) is 0 Å². The van der Waals surface area contributed by atoms with Crippen LogP contribution in [0.5, 0.6) is 0 Å². The molecule has 0 radical (unpaired) electrons. The summed E-state index contributed by atoms with van der Waals surface area (Å²) >= 11 is 3.99. The van der Waals surface area contributed by atoms with E-state index in [0.717, 1.165) is 11.5 Å². The summed E-state index contributed by atoms with van der Waals surface area (Å²) in [5, 5.41) is 18.5. The topological polar surface area (TPSA) is 252 Å². The molecular formula is C14H24N12O6S3. The van der Waals surface area contributed by atoms with E-state index in [1.54, 1.807) is 34.6 Å². The van der Waals surface area contributed by atoms with Crippen molar-refractivity contribution >= 4 is 40.9 Å². The fraction of sp³-hybridized carbons (Fsp3) is 0.429. The Morgan fingerprint density at radius 3 is 1.89 bits per heavy atom. The molecule has 5 rings (SSSR count). The van der Waals surface area contributed by atoms with E-state index in [2.05, 4.69) is 85.7 Å². The van der Waals surface area contributed by atoms with E-state index in [1.165, 1.54) is 0 Å². The van der Waals surface area contributed by atoms with Crippen LogP contribution in [0.3, 0.4) is 0 Å². The maximum atomic E-state index is 10.2. The summed E-state index contributed by atoms with van der Waals surface area (Å²) in [7, 11) is 0. The van der Waals surface area contributed by atoms with Crippen LogP contribution in [0.25, 0.3) is 0 Å². The lowest BCUT2D eigenvalue weighted by atomic mass is 10.7. The third kappa shape index (κ3) is 15.7. The number of aromatic nitrogens is 10. The van der Waals surface area contributed by atoms with Crippen molar-refractivity contribution in [3.63, 3.8) is 0 Å². The zero-order valence-electron chi connectivity index (χ0n) is 18.3. The molecule has 4 aromatic heterocycles. The Kier molecular flexibility index (Phi) is 15.1. The first-order chi connectivity index (χ1) is 16.0. The van der Waals surface area contributed by atoms with Crippen LogP contribution in [-0.4, -0.2) is 60.3 Å². The second kappa shape index (κ2) is 16.9. The van der Waals surface area contributed by atoms with Gasteiger partial charge < -0.3 is 4.52 Å². The summed E-state index contributed by atoms with van der Waals surface area (Å²) in [4.78, 5) is 28.9. The Hall–Kier alpha value is -3.69. The van der Waals surface area contributed by atoms with E-state index >= 15 is 0 Å². The molecule has 194 valence electrons. The zero-order valence-corrected chi connectivity index (χ0v) is 20.8.